The molecule has 1 atom stereocenters. The second kappa shape index (κ2) is 7.77. The van der Waals surface area contributed by atoms with Crippen LogP contribution >= 0.6 is 35.4 Å². The summed E-state index contributed by atoms with van der Waals surface area (Å²) < 4.78 is 2.16. The summed E-state index contributed by atoms with van der Waals surface area (Å²) in [5.74, 6) is 0.129. The summed E-state index contributed by atoms with van der Waals surface area (Å²) in [7, 11) is 1.77. The summed E-state index contributed by atoms with van der Waals surface area (Å²) in [6.07, 6.45) is 1.36. The molecule has 0 aliphatic carbocycles. The smallest absolute Gasteiger partial charge is 0.254 e. The van der Waals surface area contributed by atoms with Crippen molar-refractivity contribution in [1.82, 2.24) is 25.0 Å². The number of nitrogens with zero attached hydrogens (tertiary/aromatic N) is 3. The average molecular weight is 414 g/mol. The van der Waals surface area contributed by atoms with E-state index in [4.69, 9.17) is 35.4 Å². The second-order valence-electron chi connectivity index (χ2n) is 6.04. The highest BCUT2D eigenvalue weighted by molar-refractivity contribution is 7.71. The summed E-state index contributed by atoms with van der Waals surface area (Å²) in [6, 6.07) is 4.13. The zero-order chi connectivity index (χ0) is 18.8. The standard InChI is InChI=1S/C16H17Cl2N5O2S/c1-22-13(20-21-16(22)26)8-19-14(24)12-3-2-4-23(12)15(25)9-5-10(17)7-11(18)6-9/h5-7,12H,2-4,8H2,1H3,(H,19,24)(H,21,26). The summed E-state index contributed by atoms with van der Waals surface area (Å²) in [4.78, 5) is 26.9. The Morgan fingerprint density at radius 2 is 2.04 bits per heavy atom. The van der Waals surface area contributed by atoms with Gasteiger partial charge in [-0.2, -0.15) is 5.10 Å². The first-order valence-corrected chi connectivity index (χ1v) is 9.18. The largest absolute Gasteiger partial charge is 0.347 e. The summed E-state index contributed by atoms with van der Waals surface area (Å²) in [6.45, 7) is 0.734. The molecule has 1 aromatic heterocycles. The highest BCUT2D eigenvalue weighted by Crippen LogP contribution is 2.24. The van der Waals surface area contributed by atoms with Crippen LogP contribution in [0.15, 0.2) is 18.2 Å². The molecular formula is C16H17Cl2N5O2S. The Balaban J connectivity index is 1.70. The highest BCUT2D eigenvalue weighted by Gasteiger charge is 2.34. The fourth-order valence-corrected chi connectivity index (χ4v) is 3.62. The molecule has 10 heteroatoms. The molecule has 138 valence electrons. The van der Waals surface area contributed by atoms with E-state index in [0.717, 1.165) is 6.42 Å². The molecule has 1 aliphatic heterocycles. The molecule has 7 nitrogen and oxygen atoms in total. The second-order valence-corrected chi connectivity index (χ2v) is 7.30. The van der Waals surface area contributed by atoms with Gasteiger partial charge in [0.15, 0.2) is 10.6 Å². The molecule has 2 N–H and O–H groups in total. The van der Waals surface area contributed by atoms with Crippen LogP contribution in [0.4, 0.5) is 0 Å². The van der Waals surface area contributed by atoms with Gasteiger partial charge in [0.2, 0.25) is 5.91 Å². The number of halogens is 2. The maximum absolute atomic E-state index is 12.8. The Morgan fingerprint density at radius 3 is 2.65 bits per heavy atom. The molecule has 1 unspecified atom stereocenters. The first-order valence-electron chi connectivity index (χ1n) is 8.02. The van der Waals surface area contributed by atoms with Crippen molar-refractivity contribution < 1.29 is 9.59 Å². The van der Waals surface area contributed by atoms with E-state index in [1.807, 2.05) is 0 Å². The zero-order valence-electron chi connectivity index (χ0n) is 14.0. The van der Waals surface area contributed by atoms with Crippen LogP contribution in [0.25, 0.3) is 0 Å². The van der Waals surface area contributed by atoms with Gasteiger partial charge in [-0.25, -0.2) is 0 Å². The lowest BCUT2D eigenvalue weighted by Gasteiger charge is -2.24. The minimum Gasteiger partial charge on any atom is -0.347 e. The molecule has 1 fully saturated rings. The van der Waals surface area contributed by atoms with Crippen LogP contribution in [0.3, 0.4) is 0 Å². The summed E-state index contributed by atoms with van der Waals surface area (Å²) >= 11 is 17.0. The molecule has 2 aromatic rings. The van der Waals surface area contributed by atoms with Gasteiger partial charge < -0.3 is 14.8 Å². The van der Waals surface area contributed by atoms with Gasteiger partial charge in [-0.1, -0.05) is 23.2 Å². The lowest BCUT2D eigenvalue weighted by molar-refractivity contribution is -0.125. The molecule has 1 aliphatic rings. The van der Waals surface area contributed by atoms with Crippen LogP contribution in [0.5, 0.6) is 0 Å². The number of rotatable bonds is 4. The third-order valence-electron chi connectivity index (χ3n) is 4.32. The van der Waals surface area contributed by atoms with Crippen molar-refractivity contribution in [3.8, 4) is 0 Å². The van der Waals surface area contributed by atoms with Gasteiger partial charge in [-0.15, -0.1) is 0 Å². The molecule has 1 saturated heterocycles. The van der Waals surface area contributed by atoms with Crippen molar-refractivity contribution in [3.63, 3.8) is 0 Å². The van der Waals surface area contributed by atoms with E-state index in [1.54, 1.807) is 34.7 Å². The molecule has 2 heterocycles. The van der Waals surface area contributed by atoms with Gasteiger partial charge in [0.05, 0.1) is 6.54 Å². The fourth-order valence-electron chi connectivity index (χ4n) is 2.95. The topological polar surface area (TPSA) is 83.0 Å². The molecule has 0 saturated carbocycles. The number of aromatic amines is 1. The Bertz CT molecular complexity index is 890. The van der Waals surface area contributed by atoms with Crippen molar-refractivity contribution >= 4 is 47.2 Å². The number of likely N-dealkylation sites (tertiary alicyclic amines) is 1. The van der Waals surface area contributed by atoms with Crippen molar-refractivity contribution in [1.29, 1.82) is 0 Å². The van der Waals surface area contributed by atoms with E-state index >= 15 is 0 Å². The number of amides is 2. The lowest BCUT2D eigenvalue weighted by Crippen LogP contribution is -2.45. The minimum absolute atomic E-state index is 0.224. The predicted molar refractivity (Wildman–Crippen MR) is 101 cm³/mol. The molecule has 3 rings (SSSR count). The van der Waals surface area contributed by atoms with E-state index in [1.165, 1.54) is 0 Å². The molecule has 0 spiro atoms. The summed E-state index contributed by atoms with van der Waals surface area (Å²) in [5, 5.41) is 10.3. The van der Waals surface area contributed by atoms with E-state index < -0.39 is 6.04 Å². The van der Waals surface area contributed by atoms with Gasteiger partial charge in [-0.3, -0.25) is 14.7 Å². The van der Waals surface area contributed by atoms with Crippen molar-refractivity contribution in [2.45, 2.75) is 25.4 Å². The number of benzene rings is 1. The van der Waals surface area contributed by atoms with Crippen LogP contribution in [-0.2, 0) is 18.4 Å². The van der Waals surface area contributed by atoms with Gasteiger partial charge in [-0.05, 0) is 43.3 Å². The molecule has 0 bridgehead atoms. The lowest BCUT2D eigenvalue weighted by atomic mass is 10.1. The maximum Gasteiger partial charge on any atom is 0.254 e. The Morgan fingerprint density at radius 1 is 1.35 bits per heavy atom. The van der Waals surface area contributed by atoms with E-state index in [-0.39, 0.29) is 18.4 Å². The number of hydrogen-bond acceptors (Lipinski definition) is 4. The van der Waals surface area contributed by atoms with Crippen molar-refractivity contribution in [2.24, 2.45) is 7.05 Å². The van der Waals surface area contributed by atoms with Crippen LogP contribution in [0.1, 0.15) is 29.0 Å². The van der Waals surface area contributed by atoms with Gasteiger partial charge >= 0.3 is 0 Å². The Kier molecular flexibility index (Phi) is 5.64. The minimum atomic E-state index is -0.535. The predicted octanol–water partition coefficient (Wildman–Crippen LogP) is 2.71. The number of hydrogen-bond donors (Lipinski definition) is 2. The van der Waals surface area contributed by atoms with Gasteiger partial charge in [0.25, 0.3) is 5.91 Å². The molecule has 26 heavy (non-hydrogen) atoms. The van der Waals surface area contributed by atoms with Crippen molar-refractivity contribution in [2.75, 3.05) is 6.54 Å². The van der Waals surface area contributed by atoms with Crippen LogP contribution in [-0.4, -0.2) is 44.1 Å². The monoisotopic (exact) mass is 413 g/mol. The van der Waals surface area contributed by atoms with E-state index in [0.29, 0.717) is 39.2 Å². The maximum atomic E-state index is 12.8. The first-order chi connectivity index (χ1) is 12.4. The number of H-pyrrole nitrogens is 1. The number of carbonyl (C=O) groups is 2. The fraction of sp³-hybridized carbons (Fsp3) is 0.375. The third kappa shape index (κ3) is 3.92. The van der Waals surface area contributed by atoms with Gasteiger partial charge in [0.1, 0.15) is 6.04 Å². The summed E-state index contributed by atoms with van der Waals surface area (Å²) in [5.41, 5.74) is 0.372. The zero-order valence-corrected chi connectivity index (χ0v) is 16.3. The normalized spacial score (nSPS) is 16.7. The Hall–Kier alpha value is -1.90. The molecule has 2 amide bonds. The van der Waals surface area contributed by atoms with Crippen LogP contribution in [0, 0.1) is 4.77 Å². The number of nitrogens with one attached hydrogen (secondary N) is 2. The average Bonchev–Trinajstić information content (AvgIpc) is 3.19. The van der Waals surface area contributed by atoms with E-state index in [9.17, 15) is 9.59 Å². The number of aromatic nitrogens is 3. The number of carbonyl (C=O) groups excluding carboxylic acids is 2. The SMILES string of the molecule is Cn1c(CNC(=O)C2CCCN2C(=O)c2cc(Cl)cc(Cl)c2)n[nH]c1=S. The Labute approximate surface area is 165 Å². The van der Waals surface area contributed by atoms with E-state index in [2.05, 4.69) is 15.5 Å². The third-order valence-corrected chi connectivity index (χ3v) is 5.12. The van der Waals surface area contributed by atoms with Crippen LogP contribution < -0.4 is 5.32 Å². The highest BCUT2D eigenvalue weighted by atomic mass is 35.5. The quantitative estimate of drug-likeness (QED) is 0.754. The first kappa shape index (κ1) is 18.9. The van der Waals surface area contributed by atoms with Crippen LogP contribution in [0.2, 0.25) is 10.0 Å². The molecular weight excluding hydrogens is 397 g/mol. The van der Waals surface area contributed by atoms with Gasteiger partial charge in [0, 0.05) is 29.2 Å². The molecule has 1 aromatic carbocycles. The molecule has 0 radical (unpaired) electrons. The van der Waals surface area contributed by atoms with Crippen molar-refractivity contribution in [3.05, 3.63) is 44.4 Å².